The Hall–Kier alpha value is -1.86. The number of benzene rings is 1. The summed E-state index contributed by atoms with van der Waals surface area (Å²) in [5.41, 5.74) is 6.57. The highest BCUT2D eigenvalue weighted by Crippen LogP contribution is 2.21. The second kappa shape index (κ2) is 7.46. The van der Waals surface area contributed by atoms with Crippen LogP contribution in [0.4, 0.5) is 0 Å². The van der Waals surface area contributed by atoms with E-state index < -0.39 is 0 Å². The Morgan fingerprint density at radius 1 is 1.50 bits per heavy atom. The molecule has 0 heterocycles. The minimum absolute atomic E-state index is 0.0980. The minimum Gasteiger partial charge on any atom is -0.493 e. The Kier molecular flexibility index (Phi) is 5.89. The first kappa shape index (κ1) is 14.2. The largest absolute Gasteiger partial charge is 0.493 e. The number of nitrogens with two attached hydrogens (primary N) is 1. The summed E-state index contributed by atoms with van der Waals surface area (Å²) in [6.07, 6.45) is 3.73. The molecule has 0 saturated carbocycles. The van der Waals surface area contributed by atoms with Crippen LogP contribution in [0.1, 0.15) is 25.3 Å². The molecule has 0 aliphatic carbocycles. The highest BCUT2D eigenvalue weighted by Gasteiger charge is 2.04. The number of rotatable bonds is 6. The summed E-state index contributed by atoms with van der Waals surface area (Å²) in [5.74, 6) is 0.745. The van der Waals surface area contributed by atoms with E-state index in [1.807, 2.05) is 30.3 Å². The van der Waals surface area contributed by atoms with Crippen molar-refractivity contribution in [1.29, 1.82) is 5.26 Å². The molecule has 0 aliphatic heterocycles. The van der Waals surface area contributed by atoms with E-state index in [-0.39, 0.29) is 10.6 Å². The number of hydrogen-bond donors (Lipinski definition) is 1. The zero-order valence-electron chi connectivity index (χ0n) is 10.3. The molecular formula is C14H16N2OS. The summed E-state index contributed by atoms with van der Waals surface area (Å²) in [7, 11) is 0. The topological polar surface area (TPSA) is 59.0 Å². The number of hydrogen-bond acceptors (Lipinski definition) is 3. The van der Waals surface area contributed by atoms with Crippen molar-refractivity contribution in [2.24, 2.45) is 5.73 Å². The van der Waals surface area contributed by atoms with Gasteiger partial charge < -0.3 is 10.5 Å². The van der Waals surface area contributed by atoms with Gasteiger partial charge >= 0.3 is 0 Å². The van der Waals surface area contributed by atoms with E-state index in [2.05, 4.69) is 6.92 Å². The van der Waals surface area contributed by atoms with Gasteiger partial charge in [-0.3, -0.25) is 0 Å². The molecule has 3 nitrogen and oxygen atoms in total. The molecule has 0 saturated heterocycles. The highest BCUT2D eigenvalue weighted by molar-refractivity contribution is 7.80. The van der Waals surface area contributed by atoms with Gasteiger partial charge in [0.25, 0.3) is 0 Å². The first-order valence-corrected chi connectivity index (χ1v) is 6.23. The molecule has 0 atom stereocenters. The lowest BCUT2D eigenvalue weighted by Gasteiger charge is -2.08. The normalized spacial score (nSPS) is 10.8. The Balaban J connectivity index is 2.95. The van der Waals surface area contributed by atoms with Crippen LogP contribution in [0.25, 0.3) is 6.08 Å². The van der Waals surface area contributed by atoms with Crippen molar-refractivity contribution in [3.05, 3.63) is 35.4 Å². The fraction of sp³-hybridized carbons (Fsp3) is 0.286. The average Bonchev–Trinajstić information content (AvgIpc) is 2.37. The summed E-state index contributed by atoms with van der Waals surface area (Å²) in [5, 5.41) is 8.94. The lowest BCUT2D eigenvalue weighted by Crippen LogP contribution is -2.09. The zero-order valence-corrected chi connectivity index (χ0v) is 11.2. The maximum absolute atomic E-state index is 8.94. The molecule has 94 valence electrons. The Labute approximate surface area is 113 Å². The number of nitrogens with zero attached hydrogens (tertiary/aromatic N) is 1. The first-order valence-electron chi connectivity index (χ1n) is 5.82. The standard InChI is InChI=1S/C14H16N2OS/c1-2-3-8-17-13-7-5-4-6-11(13)9-12(10-15)14(16)18/h4-7,9H,2-3,8H2,1H3,(H2,16,18). The molecular weight excluding hydrogens is 244 g/mol. The van der Waals surface area contributed by atoms with Gasteiger partial charge in [0, 0.05) is 5.56 Å². The second-order valence-electron chi connectivity index (χ2n) is 3.77. The van der Waals surface area contributed by atoms with Gasteiger partial charge in [-0.05, 0) is 18.6 Å². The molecule has 0 amide bonds. The summed E-state index contributed by atoms with van der Waals surface area (Å²) >= 11 is 4.81. The summed E-state index contributed by atoms with van der Waals surface area (Å²) in [6, 6.07) is 9.50. The molecule has 1 rings (SSSR count). The highest BCUT2D eigenvalue weighted by atomic mass is 32.1. The van der Waals surface area contributed by atoms with Crippen molar-refractivity contribution in [3.63, 3.8) is 0 Å². The minimum atomic E-state index is 0.0980. The van der Waals surface area contributed by atoms with Gasteiger partial charge in [-0.15, -0.1) is 0 Å². The van der Waals surface area contributed by atoms with Crippen LogP contribution >= 0.6 is 12.2 Å². The maximum Gasteiger partial charge on any atom is 0.126 e. The monoisotopic (exact) mass is 260 g/mol. The van der Waals surface area contributed by atoms with Gasteiger partial charge in [-0.25, -0.2) is 0 Å². The number of para-hydroxylation sites is 1. The van der Waals surface area contributed by atoms with Gasteiger partial charge in [0.2, 0.25) is 0 Å². The lowest BCUT2D eigenvalue weighted by molar-refractivity contribution is 0.309. The van der Waals surface area contributed by atoms with E-state index in [4.69, 9.17) is 28.0 Å². The zero-order chi connectivity index (χ0) is 13.4. The summed E-state index contributed by atoms with van der Waals surface area (Å²) in [4.78, 5) is 0.0980. The fourth-order valence-corrected chi connectivity index (χ4v) is 1.48. The molecule has 2 N–H and O–H groups in total. The molecule has 0 bridgehead atoms. The SMILES string of the molecule is CCCCOc1ccccc1C=C(C#N)C(N)=S. The van der Waals surface area contributed by atoms with Crippen LogP contribution in [0.3, 0.4) is 0 Å². The van der Waals surface area contributed by atoms with Gasteiger partial charge in [0.1, 0.15) is 16.8 Å². The van der Waals surface area contributed by atoms with Crippen LogP contribution in [0.2, 0.25) is 0 Å². The molecule has 0 fully saturated rings. The van der Waals surface area contributed by atoms with E-state index in [1.54, 1.807) is 6.08 Å². The van der Waals surface area contributed by atoms with Crippen LogP contribution in [0, 0.1) is 11.3 Å². The van der Waals surface area contributed by atoms with Crippen LogP contribution in [0.15, 0.2) is 29.8 Å². The van der Waals surface area contributed by atoms with Gasteiger partial charge in [-0.1, -0.05) is 43.8 Å². The number of ether oxygens (including phenoxy) is 1. The average molecular weight is 260 g/mol. The Morgan fingerprint density at radius 2 is 2.22 bits per heavy atom. The molecule has 0 aromatic heterocycles. The third-order valence-corrected chi connectivity index (χ3v) is 2.58. The van der Waals surface area contributed by atoms with E-state index in [0.717, 1.165) is 24.2 Å². The molecule has 1 aromatic rings. The van der Waals surface area contributed by atoms with E-state index in [0.29, 0.717) is 6.61 Å². The van der Waals surface area contributed by atoms with Gasteiger partial charge in [0.15, 0.2) is 0 Å². The second-order valence-corrected chi connectivity index (χ2v) is 4.21. The van der Waals surface area contributed by atoms with Crippen molar-refractivity contribution in [2.75, 3.05) is 6.61 Å². The number of unbranched alkanes of at least 4 members (excludes halogenated alkanes) is 1. The lowest BCUT2D eigenvalue weighted by atomic mass is 10.1. The Morgan fingerprint density at radius 3 is 2.83 bits per heavy atom. The number of thiocarbonyl (C=S) groups is 1. The predicted molar refractivity (Wildman–Crippen MR) is 77.2 cm³/mol. The quantitative estimate of drug-likeness (QED) is 0.369. The van der Waals surface area contributed by atoms with Gasteiger partial charge in [-0.2, -0.15) is 5.26 Å². The van der Waals surface area contributed by atoms with Gasteiger partial charge in [0.05, 0.1) is 12.2 Å². The fourth-order valence-electron chi connectivity index (χ4n) is 1.37. The van der Waals surface area contributed by atoms with E-state index in [1.165, 1.54) is 0 Å². The van der Waals surface area contributed by atoms with Crippen molar-refractivity contribution >= 4 is 23.3 Å². The summed E-state index contributed by atoms with van der Waals surface area (Å²) in [6.45, 7) is 2.77. The molecule has 0 aliphatic rings. The maximum atomic E-state index is 8.94. The van der Waals surface area contributed by atoms with Crippen LogP contribution < -0.4 is 10.5 Å². The van der Waals surface area contributed by atoms with Crippen molar-refractivity contribution in [2.45, 2.75) is 19.8 Å². The van der Waals surface area contributed by atoms with Crippen LogP contribution in [-0.4, -0.2) is 11.6 Å². The van der Waals surface area contributed by atoms with Crippen molar-refractivity contribution in [3.8, 4) is 11.8 Å². The Bertz CT molecular complexity index is 489. The number of nitriles is 1. The first-order chi connectivity index (χ1) is 8.69. The summed E-state index contributed by atoms with van der Waals surface area (Å²) < 4.78 is 5.66. The smallest absolute Gasteiger partial charge is 0.126 e. The molecule has 18 heavy (non-hydrogen) atoms. The van der Waals surface area contributed by atoms with Crippen LogP contribution in [0.5, 0.6) is 5.75 Å². The van der Waals surface area contributed by atoms with E-state index in [9.17, 15) is 0 Å². The van der Waals surface area contributed by atoms with Crippen LogP contribution in [-0.2, 0) is 0 Å². The molecule has 1 aromatic carbocycles. The third-order valence-electron chi connectivity index (χ3n) is 2.36. The molecule has 0 radical (unpaired) electrons. The van der Waals surface area contributed by atoms with Crippen molar-refractivity contribution in [1.82, 2.24) is 0 Å². The third kappa shape index (κ3) is 4.19. The van der Waals surface area contributed by atoms with Crippen molar-refractivity contribution < 1.29 is 4.74 Å². The molecule has 0 spiro atoms. The predicted octanol–water partition coefficient (Wildman–Crippen LogP) is 3.06. The molecule has 4 heteroatoms. The van der Waals surface area contributed by atoms with E-state index >= 15 is 0 Å². The molecule has 0 unspecified atom stereocenters.